The van der Waals surface area contributed by atoms with Gasteiger partial charge in [0.05, 0.1) is 0 Å². The molecule has 0 saturated carbocycles. The number of rotatable bonds is 8. The molecule has 1 fully saturated rings. The summed E-state index contributed by atoms with van der Waals surface area (Å²) in [5.41, 5.74) is 0. The van der Waals surface area contributed by atoms with Crippen LogP contribution in [-0.4, -0.2) is 50.2 Å². The van der Waals surface area contributed by atoms with Crippen LogP contribution < -0.4 is 5.32 Å². The summed E-state index contributed by atoms with van der Waals surface area (Å²) in [6.07, 6.45) is 5.40. The number of unbranched alkanes of at least 4 members (excludes halogenated alkanes) is 1. The van der Waals surface area contributed by atoms with Gasteiger partial charge in [0.15, 0.2) is 0 Å². The van der Waals surface area contributed by atoms with E-state index in [1.807, 2.05) is 0 Å². The smallest absolute Gasteiger partial charge is 0.207 e. The maximum absolute atomic E-state index is 10.4. The van der Waals surface area contributed by atoms with Gasteiger partial charge in [-0.05, 0) is 25.8 Å². The number of likely N-dealkylation sites (tertiary alicyclic amines) is 1. The molecule has 1 saturated heterocycles. The molecule has 0 aliphatic carbocycles. The van der Waals surface area contributed by atoms with E-state index in [0.29, 0.717) is 12.1 Å². The lowest BCUT2D eigenvalue weighted by molar-refractivity contribution is -0.110. The number of methoxy groups -OCH3 is 1. The Morgan fingerprint density at radius 1 is 1.56 bits per heavy atom. The maximum Gasteiger partial charge on any atom is 0.207 e. The van der Waals surface area contributed by atoms with Gasteiger partial charge >= 0.3 is 0 Å². The molecular weight excluding hydrogens is 204 g/mol. The van der Waals surface area contributed by atoms with Crippen molar-refractivity contribution in [2.45, 2.75) is 44.7 Å². The molecule has 94 valence electrons. The predicted octanol–water partition coefficient (Wildman–Crippen LogP) is 1.01. The van der Waals surface area contributed by atoms with Crippen molar-refractivity contribution in [3.8, 4) is 0 Å². The molecule has 0 radical (unpaired) electrons. The first-order valence-electron chi connectivity index (χ1n) is 6.24. The van der Waals surface area contributed by atoms with Gasteiger partial charge in [-0.1, -0.05) is 13.3 Å². The molecule has 2 atom stereocenters. The topological polar surface area (TPSA) is 41.6 Å². The number of nitrogens with zero attached hydrogens (tertiary/aromatic N) is 1. The monoisotopic (exact) mass is 228 g/mol. The molecule has 1 heterocycles. The van der Waals surface area contributed by atoms with Crippen molar-refractivity contribution in [2.24, 2.45) is 0 Å². The molecular formula is C12H24N2O2. The summed E-state index contributed by atoms with van der Waals surface area (Å²) >= 11 is 0. The van der Waals surface area contributed by atoms with Gasteiger partial charge in [0, 0.05) is 32.3 Å². The maximum atomic E-state index is 10.4. The fraction of sp³-hybridized carbons (Fsp3) is 0.917. The minimum atomic E-state index is 0.330. The van der Waals surface area contributed by atoms with Crippen molar-refractivity contribution >= 4 is 6.41 Å². The van der Waals surface area contributed by atoms with E-state index in [0.717, 1.165) is 38.9 Å². The van der Waals surface area contributed by atoms with Crippen molar-refractivity contribution in [3.63, 3.8) is 0 Å². The van der Waals surface area contributed by atoms with E-state index < -0.39 is 0 Å². The highest BCUT2D eigenvalue weighted by Crippen LogP contribution is 2.21. The van der Waals surface area contributed by atoms with Gasteiger partial charge in [0.2, 0.25) is 6.41 Å². The first kappa shape index (κ1) is 13.5. The Balaban J connectivity index is 2.38. The summed E-state index contributed by atoms with van der Waals surface area (Å²) in [7, 11) is 1.74. The standard InChI is InChI=1S/C12H24N2O2/c1-3-4-6-14-9-11(13-10-15)8-12(14)5-7-16-2/h10-12H,3-9H2,1-2H3,(H,13,15). The van der Waals surface area contributed by atoms with Gasteiger partial charge in [-0.2, -0.15) is 0 Å². The zero-order valence-corrected chi connectivity index (χ0v) is 10.4. The lowest BCUT2D eigenvalue weighted by atomic mass is 10.1. The van der Waals surface area contributed by atoms with Gasteiger partial charge in [-0.3, -0.25) is 9.69 Å². The van der Waals surface area contributed by atoms with Crippen molar-refractivity contribution in [1.82, 2.24) is 10.2 Å². The van der Waals surface area contributed by atoms with E-state index in [9.17, 15) is 4.79 Å². The Morgan fingerprint density at radius 3 is 3.00 bits per heavy atom. The Hall–Kier alpha value is -0.610. The second kappa shape index (κ2) is 7.63. The van der Waals surface area contributed by atoms with Crippen molar-refractivity contribution in [2.75, 3.05) is 26.8 Å². The van der Waals surface area contributed by atoms with Crippen LogP contribution in [0.4, 0.5) is 0 Å². The molecule has 0 bridgehead atoms. The van der Waals surface area contributed by atoms with Crippen LogP contribution in [0, 0.1) is 0 Å². The van der Waals surface area contributed by atoms with E-state index >= 15 is 0 Å². The second-order valence-corrected chi connectivity index (χ2v) is 4.50. The molecule has 0 spiro atoms. The highest BCUT2D eigenvalue weighted by atomic mass is 16.5. The van der Waals surface area contributed by atoms with Crippen LogP contribution in [0.2, 0.25) is 0 Å². The highest BCUT2D eigenvalue weighted by Gasteiger charge is 2.30. The molecule has 1 rings (SSSR count). The number of ether oxygens (including phenoxy) is 1. The number of hydrogen-bond acceptors (Lipinski definition) is 3. The van der Waals surface area contributed by atoms with E-state index in [4.69, 9.17) is 4.74 Å². The molecule has 2 unspecified atom stereocenters. The Labute approximate surface area is 98.3 Å². The summed E-state index contributed by atoms with van der Waals surface area (Å²) in [5.74, 6) is 0. The third-order valence-electron chi connectivity index (χ3n) is 3.29. The average Bonchev–Trinajstić information content (AvgIpc) is 2.66. The van der Waals surface area contributed by atoms with Crippen molar-refractivity contribution in [1.29, 1.82) is 0 Å². The highest BCUT2D eigenvalue weighted by molar-refractivity contribution is 5.46. The molecule has 4 nitrogen and oxygen atoms in total. The lowest BCUT2D eigenvalue weighted by Gasteiger charge is -2.23. The van der Waals surface area contributed by atoms with Crippen LogP contribution in [0.15, 0.2) is 0 Å². The van der Waals surface area contributed by atoms with Crippen LogP contribution in [0.5, 0.6) is 0 Å². The molecule has 1 aliphatic rings. The first-order chi connectivity index (χ1) is 7.81. The number of carbonyl (C=O) groups is 1. The van der Waals surface area contributed by atoms with Gasteiger partial charge in [0.25, 0.3) is 0 Å². The van der Waals surface area contributed by atoms with Gasteiger partial charge in [-0.25, -0.2) is 0 Å². The molecule has 1 aliphatic heterocycles. The fourth-order valence-electron chi connectivity index (χ4n) is 2.39. The summed E-state index contributed by atoms with van der Waals surface area (Å²) in [4.78, 5) is 12.9. The van der Waals surface area contributed by atoms with Gasteiger partial charge < -0.3 is 10.1 Å². The SMILES string of the molecule is CCCCN1CC(NC=O)CC1CCOC. The van der Waals surface area contributed by atoms with Crippen LogP contribution in [0.3, 0.4) is 0 Å². The number of carbonyl (C=O) groups excluding carboxylic acids is 1. The Kier molecular flexibility index (Phi) is 6.42. The molecule has 0 aromatic carbocycles. The van der Waals surface area contributed by atoms with E-state index in [1.165, 1.54) is 12.8 Å². The van der Waals surface area contributed by atoms with Gasteiger partial charge in [-0.15, -0.1) is 0 Å². The summed E-state index contributed by atoms with van der Waals surface area (Å²) < 4.78 is 5.14. The van der Waals surface area contributed by atoms with Crippen molar-refractivity contribution < 1.29 is 9.53 Å². The third-order valence-corrected chi connectivity index (χ3v) is 3.29. The summed E-state index contributed by atoms with van der Waals surface area (Å²) in [6.45, 7) is 5.15. The predicted molar refractivity (Wildman–Crippen MR) is 64.4 cm³/mol. The van der Waals surface area contributed by atoms with Crippen LogP contribution in [0.25, 0.3) is 0 Å². The third kappa shape index (κ3) is 4.10. The number of amides is 1. The van der Waals surface area contributed by atoms with Crippen LogP contribution in [-0.2, 0) is 9.53 Å². The first-order valence-corrected chi connectivity index (χ1v) is 6.24. The lowest BCUT2D eigenvalue weighted by Crippen LogP contribution is -2.33. The number of hydrogen-bond donors (Lipinski definition) is 1. The molecule has 0 aromatic rings. The van der Waals surface area contributed by atoms with E-state index in [1.54, 1.807) is 7.11 Å². The largest absolute Gasteiger partial charge is 0.385 e. The minimum absolute atomic E-state index is 0.330. The Morgan fingerprint density at radius 2 is 2.38 bits per heavy atom. The number of nitrogens with one attached hydrogen (secondary N) is 1. The zero-order chi connectivity index (χ0) is 11.8. The summed E-state index contributed by atoms with van der Waals surface area (Å²) in [6, 6.07) is 0.903. The van der Waals surface area contributed by atoms with Crippen LogP contribution >= 0.6 is 0 Å². The average molecular weight is 228 g/mol. The molecule has 4 heteroatoms. The fourth-order valence-corrected chi connectivity index (χ4v) is 2.39. The molecule has 0 aromatic heterocycles. The molecule has 1 amide bonds. The summed E-state index contributed by atoms with van der Waals surface area (Å²) in [5, 5.41) is 2.89. The van der Waals surface area contributed by atoms with E-state index in [2.05, 4.69) is 17.1 Å². The minimum Gasteiger partial charge on any atom is -0.385 e. The molecule has 1 N–H and O–H groups in total. The molecule has 16 heavy (non-hydrogen) atoms. The van der Waals surface area contributed by atoms with Gasteiger partial charge in [0.1, 0.15) is 0 Å². The van der Waals surface area contributed by atoms with Crippen molar-refractivity contribution in [3.05, 3.63) is 0 Å². The van der Waals surface area contributed by atoms with Crippen LogP contribution in [0.1, 0.15) is 32.6 Å². The zero-order valence-electron chi connectivity index (χ0n) is 10.4. The Bertz CT molecular complexity index is 183. The normalized spacial score (nSPS) is 25.9. The van der Waals surface area contributed by atoms with E-state index in [-0.39, 0.29) is 0 Å². The second-order valence-electron chi connectivity index (χ2n) is 4.50. The quantitative estimate of drug-likeness (QED) is 0.630.